The van der Waals surface area contributed by atoms with E-state index >= 15 is 0 Å². The molecule has 0 bridgehead atoms. The van der Waals surface area contributed by atoms with Gasteiger partial charge in [0.15, 0.2) is 0 Å². The van der Waals surface area contributed by atoms with E-state index in [1.165, 1.54) is 0 Å². The molecule has 1 aromatic rings. The van der Waals surface area contributed by atoms with Gasteiger partial charge in [-0.15, -0.1) is 0 Å². The second kappa shape index (κ2) is 5.72. The second-order valence-corrected chi connectivity index (χ2v) is 5.85. The molecule has 1 amide bonds. The monoisotopic (exact) mass is 262 g/mol. The van der Waals surface area contributed by atoms with Crippen LogP contribution < -0.4 is 10.6 Å². The Morgan fingerprint density at radius 1 is 1.37 bits per heavy atom. The number of rotatable bonds is 2. The maximum Gasteiger partial charge on any atom is 0.254 e. The standard InChI is InChI=1S/C15H22N2O2/c1-15(2,3)11-6-4-5-7-12(11)17-14(18)13-10-16-8-9-19-13/h4-7,13,16H,8-10H2,1-3H3,(H,17,18). The van der Waals surface area contributed by atoms with Gasteiger partial charge in [-0.1, -0.05) is 39.0 Å². The number of morpholine rings is 1. The Balaban J connectivity index is 2.12. The Kier molecular flexibility index (Phi) is 4.22. The highest BCUT2D eigenvalue weighted by Crippen LogP contribution is 2.29. The molecule has 2 rings (SSSR count). The summed E-state index contributed by atoms with van der Waals surface area (Å²) in [5, 5.41) is 6.14. The van der Waals surface area contributed by atoms with Crippen LogP contribution in [-0.2, 0) is 14.9 Å². The molecule has 0 aliphatic carbocycles. The van der Waals surface area contributed by atoms with E-state index in [1.807, 2.05) is 18.2 Å². The Labute approximate surface area is 114 Å². The third-order valence-corrected chi connectivity index (χ3v) is 3.21. The molecule has 1 fully saturated rings. The molecule has 1 saturated heterocycles. The van der Waals surface area contributed by atoms with Gasteiger partial charge in [-0.05, 0) is 17.0 Å². The number of carbonyl (C=O) groups is 1. The third kappa shape index (κ3) is 3.55. The van der Waals surface area contributed by atoms with Crippen LogP contribution in [0, 0.1) is 0 Å². The number of para-hydroxylation sites is 1. The molecule has 0 spiro atoms. The molecule has 0 radical (unpaired) electrons. The van der Waals surface area contributed by atoms with E-state index in [-0.39, 0.29) is 11.3 Å². The van der Waals surface area contributed by atoms with Gasteiger partial charge in [0, 0.05) is 18.8 Å². The summed E-state index contributed by atoms with van der Waals surface area (Å²) in [5.74, 6) is -0.0797. The van der Waals surface area contributed by atoms with E-state index in [2.05, 4.69) is 37.5 Å². The largest absolute Gasteiger partial charge is 0.366 e. The zero-order valence-electron chi connectivity index (χ0n) is 11.8. The van der Waals surface area contributed by atoms with E-state index in [9.17, 15) is 4.79 Å². The van der Waals surface area contributed by atoms with Crippen LogP contribution in [0.15, 0.2) is 24.3 Å². The highest BCUT2D eigenvalue weighted by molar-refractivity contribution is 5.95. The quantitative estimate of drug-likeness (QED) is 0.856. The number of nitrogens with one attached hydrogen (secondary N) is 2. The fraction of sp³-hybridized carbons (Fsp3) is 0.533. The second-order valence-electron chi connectivity index (χ2n) is 5.85. The van der Waals surface area contributed by atoms with Crippen LogP contribution in [0.25, 0.3) is 0 Å². The Morgan fingerprint density at radius 2 is 2.11 bits per heavy atom. The highest BCUT2D eigenvalue weighted by Gasteiger charge is 2.24. The summed E-state index contributed by atoms with van der Waals surface area (Å²) < 4.78 is 5.46. The van der Waals surface area contributed by atoms with Gasteiger partial charge < -0.3 is 15.4 Å². The van der Waals surface area contributed by atoms with Crippen molar-refractivity contribution >= 4 is 11.6 Å². The molecule has 1 atom stereocenters. The van der Waals surface area contributed by atoms with Crippen molar-refractivity contribution in [2.45, 2.75) is 32.3 Å². The van der Waals surface area contributed by atoms with Gasteiger partial charge in [0.05, 0.1) is 6.61 Å². The highest BCUT2D eigenvalue weighted by atomic mass is 16.5. The van der Waals surface area contributed by atoms with Gasteiger partial charge in [-0.25, -0.2) is 0 Å². The lowest BCUT2D eigenvalue weighted by molar-refractivity contribution is -0.128. The SMILES string of the molecule is CC(C)(C)c1ccccc1NC(=O)C1CNCCO1. The molecule has 4 heteroatoms. The molecule has 4 nitrogen and oxygen atoms in total. The topological polar surface area (TPSA) is 50.4 Å². The van der Waals surface area contributed by atoms with Crippen LogP contribution in [0.2, 0.25) is 0 Å². The molecule has 1 unspecified atom stereocenters. The first-order chi connectivity index (χ1) is 8.98. The van der Waals surface area contributed by atoms with E-state index < -0.39 is 6.10 Å². The first-order valence-electron chi connectivity index (χ1n) is 6.71. The van der Waals surface area contributed by atoms with Gasteiger partial charge in [0.25, 0.3) is 5.91 Å². The number of hydrogen-bond acceptors (Lipinski definition) is 3. The van der Waals surface area contributed by atoms with E-state index in [4.69, 9.17) is 4.74 Å². The summed E-state index contributed by atoms with van der Waals surface area (Å²) in [6, 6.07) is 7.92. The number of hydrogen-bond donors (Lipinski definition) is 2. The van der Waals surface area contributed by atoms with Gasteiger partial charge in [-0.2, -0.15) is 0 Å². The fourth-order valence-corrected chi connectivity index (χ4v) is 2.19. The van der Waals surface area contributed by atoms with Crippen LogP contribution in [0.3, 0.4) is 0 Å². The van der Waals surface area contributed by atoms with Crippen molar-refractivity contribution in [3.63, 3.8) is 0 Å². The number of carbonyl (C=O) groups excluding carboxylic acids is 1. The van der Waals surface area contributed by atoms with Crippen LogP contribution in [0.5, 0.6) is 0 Å². The lowest BCUT2D eigenvalue weighted by atomic mass is 9.86. The molecule has 19 heavy (non-hydrogen) atoms. The molecular formula is C15H22N2O2. The van der Waals surface area contributed by atoms with Crippen molar-refractivity contribution in [1.82, 2.24) is 5.32 Å². The molecule has 104 valence electrons. The summed E-state index contributed by atoms with van der Waals surface area (Å²) in [6.45, 7) is 8.37. The molecule has 1 aliphatic rings. The van der Waals surface area contributed by atoms with Crippen molar-refractivity contribution < 1.29 is 9.53 Å². The van der Waals surface area contributed by atoms with Crippen LogP contribution in [0.1, 0.15) is 26.3 Å². The lowest BCUT2D eigenvalue weighted by Gasteiger charge is -2.26. The van der Waals surface area contributed by atoms with Crippen molar-refractivity contribution in [2.24, 2.45) is 0 Å². The Bertz CT molecular complexity index is 446. The summed E-state index contributed by atoms with van der Waals surface area (Å²) in [7, 11) is 0. The van der Waals surface area contributed by atoms with Gasteiger partial charge in [0.1, 0.15) is 6.10 Å². The van der Waals surface area contributed by atoms with Crippen molar-refractivity contribution in [3.8, 4) is 0 Å². The minimum atomic E-state index is -0.401. The molecule has 1 heterocycles. The number of benzene rings is 1. The summed E-state index contributed by atoms with van der Waals surface area (Å²) in [5.41, 5.74) is 2.00. The maximum atomic E-state index is 12.2. The normalized spacial score (nSPS) is 20.1. The molecule has 0 saturated carbocycles. The predicted octanol–water partition coefficient (Wildman–Crippen LogP) is 1.91. The molecule has 1 aromatic carbocycles. The van der Waals surface area contributed by atoms with E-state index in [1.54, 1.807) is 0 Å². The Hall–Kier alpha value is -1.39. The van der Waals surface area contributed by atoms with Gasteiger partial charge in [0.2, 0.25) is 0 Å². The minimum Gasteiger partial charge on any atom is -0.366 e. The summed E-state index contributed by atoms with van der Waals surface area (Å²) in [4.78, 5) is 12.2. The lowest BCUT2D eigenvalue weighted by Crippen LogP contribution is -2.45. The fourth-order valence-electron chi connectivity index (χ4n) is 2.19. The number of amides is 1. The molecular weight excluding hydrogens is 240 g/mol. The third-order valence-electron chi connectivity index (χ3n) is 3.21. The average Bonchev–Trinajstić information content (AvgIpc) is 2.39. The minimum absolute atomic E-state index is 0.00442. The first kappa shape index (κ1) is 14.0. The number of anilines is 1. The predicted molar refractivity (Wildman–Crippen MR) is 76.4 cm³/mol. The molecule has 2 N–H and O–H groups in total. The maximum absolute atomic E-state index is 12.2. The van der Waals surface area contributed by atoms with Gasteiger partial charge >= 0.3 is 0 Å². The first-order valence-corrected chi connectivity index (χ1v) is 6.71. The number of ether oxygens (including phenoxy) is 1. The average molecular weight is 262 g/mol. The van der Waals surface area contributed by atoms with Crippen molar-refractivity contribution in [3.05, 3.63) is 29.8 Å². The van der Waals surface area contributed by atoms with E-state index in [0.29, 0.717) is 13.2 Å². The Morgan fingerprint density at radius 3 is 2.74 bits per heavy atom. The van der Waals surface area contributed by atoms with E-state index in [0.717, 1.165) is 17.8 Å². The molecule has 0 aromatic heterocycles. The van der Waals surface area contributed by atoms with Crippen LogP contribution in [-0.4, -0.2) is 31.7 Å². The van der Waals surface area contributed by atoms with Gasteiger partial charge in [-0.3, -0.25) is 4.79 Å². The van der Waals surface area contributed by atoms with Crippen LogP contribution >= 0.6 is 0 Å². The van der Waals surface area contributed by atoms with Crippen molar-refractivity contribution in [2.75, 3.05) is 25.0 Å². The summed E-state index contributed by atoms with van der Waals surface area (Å²) in [6.07, 6.45) is -0.401. The zero-order chi connectivity index (χ0) is 13.9. The molecule has 1 aliphatic heterocycles. The summed E-state index contributed by atoms with van der Waals surface area (Å²) >= 11 is 0. The van der Waals surface area contributed by atoms with Crippen molar-refractivity contribution in [1.29, 1.82) is 0 Å². The zero-order valence-corrected chi connectivity index (χ0v) is 11.8. The van der Waals surface area contributed by atoms with Crippen LogP contribution in [0.4, 0.5) is 5.69 Å². The smallest absolute Gasteiger partial charge is 0.254 e.